The van der Waals surface area contributed by atoms with Gasteiger partial charge in [-0.2, -0.15) is 0 Å². The van der Waals surface area contributed by atoms with Gasteiger partial charge in [-0.3, -0.25) is 59.2 Å². The largest absolute Gasteiger partial charge is 0.481 e. The van der Waals surface area contributed by atoms with E-state index in [2.05, 4.69) is 0 Å². The highest BCUT2D eigenvalue weighted by Crippen LogP contribution is 2.28. The minimum Gasteiger partial charge on any atom is -0.481 e. The van der Waals surface area contributed by atoms with Crippen molar-refractivity contribution in [3.63, 3.8) is 0 Å². The fraction of sp³-hybridized carbons (Fsp3) is 0.323. The number of rotatable bonds is 29. The number of benzene rings is 5. The van der Waals surface area contributed by atoms with Gasteiger partial charge in [-0.05, 0) is 144 Å². The molecule has 0 radical (unpaired) electrons. The van der Waals surface area contributed by atoms with E-state index in [0.717, 1.165) is 22.3 Å². The number of aliphatic carboxylic acids is 4. The molecule has 5 rings (SSSR count). The molecule has 5 aromatic carbocycles. The molecule has 0 saturated carbocycles. The molecular weight excluding hydrogens is 1180 g/mol. The predicted octanol–water partition coefficient (Wildman–Crippen LogP) is 6.62. The van der Waals surface area contributed by atoms with E-state index in [4.69, 9.17) is 46.4 Å². The second kappa shape index (κ2) is 38.0. The Morgan fingerprint density at radius 3 is 1.00 bits per heavy atom. The molecule has 4 atom stereocenters. The molecule has 0 aliphatic rings. The zero-order valence-electron chi connectivity index (χ0n) is 49.0. The molecular formula is C62H72N4O24. The Balaban J connectivity index is 0.000000412. The SMILES string of the molecule is CC(C)(C)c1cc(CC(CCC(=O)NO)C(=O)O)cc(C(=O)O)c1.O=C(CCC(Cc1ccc(C(=O)O)cc1)C(=O)O)NO.O=C(CCC(Cc1cccc(-c2cccc(C(=O)O)c2)c1)C(=O)O)NO.O=C(CCC(Cc1cccc(C(=O)O)c1)C(=O)O)NO. The number of carboxylic acids is 8. The Bertz CT molecular complexity index is 3320. The Kier molecular flexibility index (Phi) is 31.9. The summed E-state index contributed by atoms with van der Waals surface area (Å²) in [5.41, 5.74) is 10.9. The van der Waals surface area contributed by atoms with E-state index >= 15 is 0 Å². The van der Waals surface area contributed by atoms with Crippen LogP contribution in [0.25, 0.3) is 11.1 Å². The molecule has 0 bridgehead atoms. The van der Waals surface area contributed by atoms with Crippen LogP contribution in [0.5, 0.6) is 0 Å². The van der Waals surface area contributed by atoms with Crippen molar-refractivity contribution < 1.29 is 119 Å². The lowest BCUT2D eigenvalue weighted by molar-refractivity contribution is -0.143. The lowest BCUT2D eigenvalue weighted by Crippen LogP contribution is -2.23. The van der Waals surface area contributed by atoms with Crippen molar-refractivity contribution in [2.45, 2.75) is 103 Å². The van der Waals surface area contributed by atoms with Crippen LogP contribution in [0.4, 0.5) is 0 Å². The number of aromatic carboxylic acids is 4. The summed E-state index contributed by atoms with van der Waals surface area (Å²) in [6.07, 6.45) is 0.492. The molecule has 28 nitrogen and oxygen atoms in total. The molecule has 0 fully saturated rings. The number of amides is 4. The summed E-state index contributed by atoms with van der Waals surface area (Å²) in [4.78, 5) is 133. The lowest BCUT2D eigenvalue weighted by atomic mass is 9.83. The van der Waals surface area contributed by atoms with Crippen molar-refractivity contribution in [2.24, 2.45) is 23.7 Å². The van der Waals surface area contributed by atoms with Crippen molar-refractivity contribution >= 4 is 71.4 Å². The zero-order chi connectivity index (χ0) is 67.8. The highest BCUT2D eigenvalue weighted by molar-refractivity contribution is 5.90. The summed E-state index contributed by atoms with van der Waals surface area (Å²) in [5.74, 6) is -14.2. The molecule has 4 unspecified atom stereocenters. The van der Waals surface area contributed by atoms with Gasteiger partial charge in [-0.1, -0.05) is 87.5 Å². The van der Waals surface area contributed by atoms with E-state index in [-0.39, 0.29) is 105 Å². The first-order valence-electron chi connectivity index (χ1n) is 27.4. The van der Waals surface area contributed by atoms with Gasteiger partial charge in [0.2, 0.25) is 23.6 Å². The number of nitrogens with one attached hydrogen (secondary N) is 4. The smallest absolute Gasteiger partial charge is 0.335 e. The Morgan fingerprint density at radius 2 is 0.644 bits per heavy atom. The maximum atomic E-state index is 11.4. The van der Waals surface area contributed by atoms with E-state index in [0.29, 0.717) is 16.7 Å². The normalized spacial score (nSPS) is 11.9. The van der Waals surface area contributed by atoms with Gasteiger partial charge in [0.05, 0.1) is 45.9 Å². The summed E-state index contributed by atoms with van der Waals surface area (Å²) in [6, 6.07) is 30.4. The van der Waals surface area contributed by atoms with E-state index in [1.54, 1.807) is 60.7 Å². The Hall–Kier alpha value is -10.4. The highest BCUT2D eigenvalue weighted by Gasteiger charge is 2.25. The third-order valence-electron chi connectivity index (χ3n) is 13.6. The second-order valence-electron chi connectivity index (χ2n) is 21.3. The topological polar surface area (TPSA) is 496 Å². The second-order valence-corrected chi connectivity index (χ2v) is 21.3. The van der Waals surface area contributed by atoms with Gasteiger partial charge in [0.1, 0.15) is 0 Å². The maximum Gasteiger partial charge on any atom is 0.335 e. The maximum absolute atomic E-state index is 11.4. The molecule has 4 amide bonds. The summed E-state index contributed by atoms with van der Waals surface area (Å²) >= 11 is 0. The number of hydrogen-bond donors (Lipinski definition) is 16. The van der Waals surface area contributed by atoms with E-state index < -0.39 is 95.1 Å². The van der Waals surface area contributed by atoms with Crippen LogP contribution in [0, 0.1) is 23.7 Å². The molecule has 0 heterocycles. The van der Waals surface area contributed by atoms with Crippen LogP contribution in [0.1, 0.15) is 141 Å². The summed E-state index contributed by atoms with van der Waals surface area (Å²) in [5, 5.41) is 107. The number of hydroxylamine groups is 4. The van der Waals surface area contributed by atoms with Gasteiger partial charge >= 0.3 is 47.8 Å². The molecule has 484 valence electrons. The van der Waals surface area contributed by atoms with Crippen molar-refractivity contribution in [3.05, 3.63) is 165 Å². The third-order valence-corrected chi connectivity index (χ3v) is 13.6. The Labute approximate surface area is 514 Å². The lowest BCUT2D eigenvalue weighted by Gasteiger charge is -2.21. The monoisotopic (exact) mass is 1260 g/mol. The number of carbonyl (C=O) groups excluding carboxylic acids is 4. The van der Waals surface area contributed by atoms with Crippen LogP contribution < -0.4 is 21.9 Å². The first-order valence-corrected chi connectivity index (χ1v) is 27.4. The molecule has 16 N–H and O–H groups in total. The van der Waals surface area contributed by atoms with Crippen molar-refractivity contribution in [2.75, 3.05) is 0 Å². The fourth-order valence-electron chi connectivity index (χ4n) is 8.53. The summed E-state index contributed by atoms with van der Waals surface area (Å²) < 4.78 is 0. The van der Waals surface area contributed by atoms with Crippen molar-refractivity contribution in [1.82, 2.24) is 21.9 Å². The first-order chi connectivity index (χ1) is 42.3. The van der Waals surface area contributed by atoms with Gasteiger partial charge in [0.15, 0.2) is 0 Å². The number of carbonyl (C=O) groups is 12. The molecule has 0 aliphatic carbocycles. The van der Waals surface area contributed by atoms with Crippen LogP contribution in [-0.4, -0.2) is 133 Å². The number of hydrogen-bond acceptors (Lipinski definition) is 16. The zero-order valence-corrected chi connectivity index (χ0v) is 49.0. The molecule has 5 aromatic rings. The van der Waals surface area contributed by atoms with Crippen molar-refractivity contribution in [3.8, 4) is 11.1 Å². The van der Waals surface area contributed by atoms with E-state index in [1.807, 2.05) is 32.9 Å². The van der Waals surface area contributed by atoms with Crippen LogP contribution in [0.15, 0.2) is 115 Å². The third kappa shape index (κ3) is 28.0. The van der Waals surface area contributed by atoms with Crippen LogP contribution in [0.2, 0.25) is 0 Å². The highest BCUT2D eigenvalue weighted by atomic mass is 16.5. The molecule has 0 aliphatic heterocycles. The minimum absolute atomic E-state index is 0.0455. The average Bonchev–Trinajstić information content (AvgIpc) is 1.19. The summed E-state index contributed by atoms with van der Waals surface area (Å²) in [7, 11) is 0. The van der Waals surface area contributed by atoms with E-state index in [1.165, 1.54) is 64.4 Å². The molecule has 0 spiro atoms. The number of carboxylic acid groups (broad SMARTS) is 8. The van der Waals surface area contributed by atoms with Crippen LogP contribution in [-0.2, 0) is 69.5 Å². The van der Waals surface area contributed by atoms with Crippen molar-refractivity contribution in [1.29, 1.82) is 0 Å². The molecule has 0 aromatic heterocycles. The molecule has 0 saturated heterocycles. The van der Waals surface area contributed by atoms with Gasteiger partial charge in [0, 0.05) is 25.7 Å². The van der Waals surface area contributed by atoms with Crippen LogP contribution >= 0.6 is 0 Å². The average molecular weight is 1260 g/mol. The standard InChI is InChI=1S/C19H19NO6.C17H23NO6.2C13H15NO6/c21-17(20-26)8-7-16(19(24)25)10-12-3-1-4-13(9-12)14-5-2-6-15(11-14)18(22)23;1-17(2,3)13-8-10(7-12(9-13)16(22)23)6-11(15(20)21)4-5-14(19)18-24;15-11(14-20)6-5-10(13(18)19)7-8-1-3-9(4-2-8)12(16)17;15-11(14-20)5-4-10(13(18)19)7-8-2-1-3-9(6-8)12(16)17/h1-6,9,11,16,26H,7-8,10H2,(H,20,21)(H,22,23)(H,24,25);7-9,11,24H,4-6H2,1-3H3,(H,18,19)(H,20,21)(H,22,23);1-4,10,20H,5-7H2,(H,14,15)(H,16,17)(H,18,19);1-3,6,10,20H,4-5,7H2,(H,14,15)(H,16,17)(H,18,19). The van der Waals surface area contributed by atoms with Gasteiger partial charge < -0.3 is 40.9 Å². The molecule has 90 heavy (non-hydrogen) atoms. The predicted molar refractivity (Wildman–Crippen MR) is 314 cm³/mol. The fourth-order valence-corrected chi connectivity index (χ4v) is 8.53. The summed E-state index contributed by atoms with van der Waals surface area (Å²) in [6.45, 7) is 5.83. The molecule has 28 heteroatoms. The van der Waals surface area contributed by atoms with Gasteiger partial charge in [-0.25, -0.2) is 41.1 Å². The van der Waals surface area contributed by atoms with Crippen LogP contribution in [0.3, 0.4) is 0 Å². The minimum atomic E-state index is -1.08. The first kappa shape index (κ1) is 75.7. The van der Waals surface area contributed by atoms with Gasteiger partial charge in [-0.15, -0.1) is 0 Å². The van der Waals surface area contributed by atoms with E-state index in [9.17, 15) is 72.9 Å². The van der Waals surface area contributed by atoms with Gasteiger partial charge in [0.25, 0.3) is 0 Å². The Morgan fingerprint density at radius 1 is 0.333 bits per heavy atom. The quantitative estimate of drug-likeness (QED) is 0.0177.